The molecule has 98 valence electrons. The van der Waals surface area contributed by atoms with Crippen LogP contribution in [0.1, 0.15) is 10.4 Å². The predicted molar refractivity (Wildman–Crippen MR) is 81.0 cm³/mol. The minimum atomic E-state index is -0.326. The number of carbonyl (C=O) groups is 1. The van der Waals surface area contributed by atoms with Gasteiger partial charge in [-0.05, 0) is 58.4 Å². The quantitative estimate of drug-likeness (QED) is 0.736. The molecule has 19 heavy (non-hydrogen) atoms. The molecule has 0 spiro atoms. The summed E-state index contributed by atoms with van der Waals surface area (Å²) in [6.07, 6.45) is 0. The summed E-state index contributed by atoms with van der Waals surface area (Å²) in [5.74, 6) is -0.493. The number of rotatable bonds is 2. The summed E-state index contributed by atoms with van der Waals surface area (Å²) in [5.41, 5.74) is 1.18. The molecule has 0 atom stereocenters. The van der Waals surface area contributed by atoms with Gasteiger partial charge in [0, 0.05) is 21.7 Å². The zero-order valence-electron chi connectivity index (χ0n) is 10.0. The van der Waals surface area contributed by atoms with Gasteiger partial charge < -0.3 is 4.90 Å². The Bertz CT molecular complexity index is 613. The van der Waals surface area contributed by atoms with Gasteiger partial charge >= 0.3 is 0 Å². The van der Waals surface area contributed by atoms with E-state index in [4.69, 9.17) is 0 Å². The van der Waals surface area contributed by atoms with Crippen molar-refractivity contribution in [2.24, 2.45) is 0 Å². The van der Waals surface area contributed by atoms with Gasteiger partial charge in [0.1, 0.15) is 5.82 Å². The number of anilines is 1. The average molecular weight is 387 g/mol. The molecule has 5 heteroatoms. The Hall–Kier alpha value is -1.20. The highest BCUT2D eigenvalue weighted by atomic mass is 79.9. The van der Waals surface area contributed by atoms with Crippen molar-refractivity contribution in [1.29, 1.82) is 0 Å². The molecule has 0 unspecified atom stereocenters. The molecule has 0 aromatic heterocycles. The van der Waals surface area contributed by atoms with Crippen LogP contribution in [0.5, 0.6) is 0 Å². The first-order valence-electron chi connectivity index (χ1n) is 5.47. The molecule has 0 saturated carbocycles. The van der Waals surface area contributed by atoms with E-state index in [1.165, 1.54) is 17.0 Å². The number of hydrogen-bond acceptors (Lipinski definition) is 1. The predicted octanol–water partition coefficient (Wildman–Crippen LogP) is 4.63. The van der Waals surface area contributed by atoms with Crippen LogP contribution in [0.25, 0.3) is 0 Å². The van der Waals surface area contributed by atoms with Gasteiger partial charge in [0.05, 0.1) is 5.56 Å². The maximum atomic E-state index is 12.9. The van der Waals surface area contributed by atoms with Gasteiger partial charge in [-0.2, -0.15) is 0 Å². The van der Waals surface area contributed by atoms with Crippen molar-refractivity contribution in [2.45, 2.75) is 0 Å². The van der Waals surface area contributed by atoms with Crippen LogP contribution >= 0.6 is 31.9 Å². The van der Waals surface area contributed by atoms with Gasteiger partial charge in [0.2, 0.25) is 0 Å². The van der Waals surface area contributed by atoms with Crippen LogP contribution in [0.4, 0.5) is 10.1 Å². The maximum absolute atomic E-state index is 12.9. The van der Waals surface area contributed by atoms with Crippen LogP contribution in [0, 0.1) is 5.82 Å². The van der Waals surface area contributed by atoms with Crippen LogP contribution < -0.4 is 4.90 Å². The Morgan fingerprint density at radius 3 is 2.37 bits per heavy atom. The van der Waals surface area contributed by atoms with Gasteiger partial charge in [0.15, 0.2) is 0 Å². The third kappa shape index (κ3) is 3.22. The van der Waals surface area contributed by atoms with Crippen molar-refractivity contribution < 1.29 is 9.18 Å². The number of benzene rings is 2. The SMILES string of the molecule is CN(C(=O)c1cc(Br)ccc1Br)c1ccc(F)cc1. The van der Waals surface area contributed by atoms with Crippen LogP contribution in [-0.4, -0.2) is 13.0 Å². The molecule has 0 heterocycles. The van der Waals surface area contributed by atoms with Gasteiger partial charge in [-0.25, -0.2) is 4.39 Å². The van der Waals surface area contributed by atoms with E-state index in [1.807, 2.05) is 6.07 Å². The smallest absolute Gasteiger partial charge is 0.259 e. The fourth-order valence-corrected chi connectivity index (χ4v) is 2.40. The van der Waals surface area contributed by atoms with E-state index in [0.29, 0.717) is 11.3 Å². The summed E-state index contributed by atoms with van der Waals surface area (Å²) >= 11 is 6.69. The van der Waals surface area contributed by atoms with E-state index < -0.39 is 0 Å². The second-order valence-corrected chi connectivity index (χ2v) is 5.73. The third-order valence-corrected chi connectivity index (χ3v) is 3.86. The molecule has 0 N–H and O–H groups in total. The minimum Gasteiger partial charge on any atom is -0.311 e. The minimum absolute atomic E-state index is 0.167. The van der Waals surface area contributed by atoms with Crippen molar-refractivity contribution in [1.82, 2.24) is 0 Å². The summed E-state index contributed by atoms with van der Waals surface area (Å²) in [7, 11) is 1.66. The first-order valence-corrected chi connectivity index (χ1v) is 7.06. The molecule has 0 aliphatic carbocycles. The van der Waals surface area contributed by atoms with E-state index in [2.05, 4.69) is 31.9 Å². The van der Waals surface area contributed by atoms with E-state index in [-0.39, 0.29) is 11.7 Å². The van der Waals surface area contributed by atoms with Gasteiger partial charge in [-0.3, -0.25) is 4.79 Å². The van der Waals surface area contributed by atoms with Crippen LogP contribution in [0.15, 0.2) is 51.4 Å². The number of carbonyl (C=O) groups excluding carboxylic acids is 1. The highest BCUT2D eigenvalue weighted by Gasteiger charge is 2.16. The van der Waals surface area contributed by atoms with Gasteiger partial charge in [-0.1, -0.05) is 15.9 Å². The topological polar surface area (TPSA) is 20.3 Å². The third-order valence-electron chi connectivity index (χ3n) is 2.68. The fraction of sp³-hybridized carbons (Fsp3) is 0.0714. The monoisotopic (exact) mass is 385 g/mol. The van der Waals surface area contributed by atoms with E-state index in [0.717, 1.165) is 8.95 Å². The normalized spacial score (nSPS) is 10.3. The molecule has 0 radical (unpaired) electrons. The number of halogens is 3. The molecule has 0 saturated heterocycles. The van der Waals surface area contributed by atoms with E-state index >= 15 is 0 Å². The lowest BCUT2D eigenvalue weighted by Gasteiger charge is -2.18. The van der Waals surface area contributed by atoms with Crippen molar-refractivity contribution in [2.75, 3.05) is 11.9 Å². The summed E-state index contributed by atoms with van der Waals surface area (Å²) in [5, 5.41) is 0. The maximum Gasteiger partial charge on any atom is 0.259 e. The fourth-order valence-electron chi connectivity index (χ4n) is 1.62. The number of hydrogen-bond donors (Lipinski definition) is 0. The van der Waals surface area contributed by atoms with E-state index in [9.17, 15) is 9.18 Å². The number of amides is 1. The van der Waals surface area contributed by atoms with Crippen LogP contribution in [0.3, 0.4) is 0 Å². The van der Waals surface area contributed by atoms with Crippen molar-refractivity contribution >= 4 is 43.5 Å². The summed E-state index contributed by atoms with van der Waals surface area (Å²) in [4.78, 5) is 13.9. The second-order valence-electron chi connectivity index (χ2n) is 3.96. The molecule has 1 amide bonds. The Morgan fingerprint density at radius 1 is 1.11 bits per heavy atom. The lowest BCUT2D eigenvalue weighted by molar-refractivity contribution is 0.0992. The van der Waals surface area contributed by atoms with Crippen LogP contribution in [0.2, 0.25) is 0 Å². The molecule has 2 nitrogen and oxygen atoms in total. The highest BCUT2D eigenvalue weighted by Crippen LogP contribution is 2.24. The summed E-state index contributed by atoms with van der Waals surface area (Å²) in [6.45, 7) is 0. The zero-order chi connectivity index (χ0) is 14.0. The zero-order valence-corrected chi connectivity index (χ0v) is 13.2. The molecule has 0 aliphatic heterocycles. The highest BCUT2D eigenvalue weighted by molar-refractivity contribution is 9.11. The second kappa shape index (κ2) is 5.84. The molecule has 0 fully saturated rings. The molecular formula is C14H10Br2FNO. The Balaban J connectivity index is 2.33. The van der Waals surface area contributed by atoms with E-state index in [1.54, 1.807) is 31.3 Å². The standard InChI is InChI=1S/C14H10Br2FNO/c1-18(11-5-3-10(17)4-6-11)14(19)12-8-9(15)2-7-13(12)16/h2-8H,1H3. The molecule has 0 aliphatic rings. The summed E-state index contributed by atoms with van der Waals surface area (Å²) < 4.78 is 14.4. The van der Waals surface area contributed by atoms with Crippen molar-refractivity contribution in [3.8, 4) is 0 Å². The van der Waals surface area contributed by atoms with Crippen LogP contribution in [-0.2, 0) is 0 Å². The summed E-state index contributed by atoms with van der Waals surface area (Å²) in [6, 6.07) is 11.2. The van der Waals surface area contributed by atoms with Gasteiger partial charge in [0.25, 0.3) is 5.91 Å². The van der Waals surface area contributed by atoms with Crippen molar-refractivity contribution in [3.63, 3.8) is 0 Å². The Kier molecular flexibility index (Phi) is 4.37. The molecule has 2 aromatic carbocycles. The molecular weight excluding hydrogens is 377 g/mol. The first-order chi connectivity index (χ1) is 8.99. The van der Waals surface area contributed by atoms with Gasteiger partial charge in [-0.15, -0.1) is 0 Å². The first kappa shape index (κ1) is 14.2. The average Bonchev–Trinajstić information content (AvgIpc) is 2.41. The molecule has 0 bridgehead atoms. The molecule has 2 rings (SSSR count). The lowest BCUT2D eigenvalue weighted by Crippen LogP contribution is -2.26. The number of nitrogens with zero attached hydrogens (tertiary/aromatic N) is 1. The Morgan fingerprint density at radius 2 is 1.74 bits per heavy atom. The lowest BCUT2D eigenvalue weighted by atomic mass is 10.2. The van der Waals surface area contributed by atoms with Crippen molar-refractivity contribution in [3.05, 3.63) is 62.8 Å². The molecule has 2 aromatic rings. The Labute approximate surface area is 127 Å². The largest absolute Gasteiger partial charge is 0.311 e.